The molecule has 1 aromatic carbocycles. The Morgan fingerprint density at radius 2 is 1.95 bits per heavy atom. The van der Waals surface area contributed by atoms with E-state index in [4.69, 9.17) is 4.42 Å². The monoisotopic (exact) mass is 302 g/mol. The smallest absolute Gasteiger partial charge is 0.336 e. The van der Waals surface area contributed by atoms with E-state index in [0.717, 1.165) is 42.4 Å². The first-order chi connectivity index (χ1) is 10.4. The third-order valence-electron chi connectivity index (χ3n) is 4.74. The van der Waals surface area contributed by atoms with Gasteiger partial charge in [0.15, 0.2) is 0 Å². The van der Waals surface area contributed by atoms with E-state index in [-0.39, 0.29) is 11.4 Å². The average Bonchev–Trinajstić information content (AvgIpc) is 2.42. The van der Waals surface area contributed by atoms with Gasteiger partial charge in [-0.1, -0.05) is 13.8 Å². The number of aromatic hydroxyl groups is 1. The van der Waals surface area contributed by atoms with Crippen LogP contribution in [0, 0.1) is 18.8 Å². The number of nitrogens with one attached hydrogen (secondary N) is 1. The summed E-state index contributed by atoms with van der Waals surface area (Å²) >= 11 is 0. The topological polar surface area (TPSA) is 54.9 Å². The van der Waals surface area contributed by atoms with Gasteiger partial charge in [0.2, 0.25) is 0 Å². The molecule has 0 aliphatic carbocycles. The van der Waals surface area contributed by atoms with Gasteiger partial charge >= 0.3 is 5.63 Å². The van der Waals surface area contributed by atoms with E-state index in [9.17, 15) is 9.90 Å². The minimum Gasteiger partial charge on any atom is -0.508 e. The Morgan fingerprint density at radius 3 is 2.64 bits per heavy atom. The Balaban J connectivity index is 2.00. The van der Waals surface area contributed by atoms with E-state index in [1.165, 1.54) is 11.3 Å². The van der Waals surface area contributed by atoms with Crippen LogP contribution in [0.4, 0.5) is 0 Å². The van der Waals surface area contributed by atoms with E-state index < -0.39 is 0 Å². The first-order valence-corrected chi connectivity index (χ1v) is 8.03. The molecule has 4 heteroatoms. The van der Waals surface area contributed by atoms with Crippen molar-refractivity contribution in [2.24, 2.45) is 11.8 Å². The van der Waals surface area contributed by atoms with E-state index in [1.807, 2.05) is 6.07 Å². The van der Waals surface area contributed by atoms with Crippen molar-refractivity contribution < 1.29 is 14.4 Å². The number of rotatable bonds is 2. The molecule has 1 fully saturated rings. The van der Waals surface area contributed by atoms with Crippen LogP contribution in [0.2, 0.25) is 0 Å². The van der Waals surface area contributed by atoms with Crippen molar-refractivity contribution in [3.05, 3.63) is 39.7 Å². The summed E-state index contributed by atoms with van der Waals surface area (Å²) in [5.41, 5.74) is 1.83. The lowest BCUT2D eigenvalue weighted by molar-refractivity contribution is -0.925. The Labute approximate surface area is 130 Å². The zero-order valence-corrected chi connectivity index (χ0v) is 13.5. The molecule has 2 aromatic rings. The number of phenolic OH excluding ortho intramolecular Hbond substituents is 1. The first kappa shape index (κ1) is 15.1. The standard InChI is InChI=1S/C18H23NO3/c1-11-6-12(2)9-19(8-11)10-14-7-17(21)22-18-13(3)16(20)5-4-15(14)18/h4-5,7,11-12,20H,6,8-10H2,1-3H3/p+1/t11-,12-/m0/s1. The van der Waals surface area contributed by atoms with Crippen LogP contribution in [-0.2, 0) is 6.54 Å². The van der Waals surface area contributed by atoms with Crippen LogP contribution in [0.5, 0.6) is 5.75 Å². The largest absolute Gasteiger partial charge is 0.508 e. The number of hydrogen-bond acceptors (Lipinski definition) is 3. The molecule has 2 heterocycles. The second kappa shape index (κ2) is 5.76. The van der Waals surface area contributed by atoms with Crippen LogP contribution in [0.3, 0.4) is 0 Å². The third-order valence-corrected chi connectivity index (χ3v) is 4.74. The molecule has 1 aliphatic rings. The average molecular weight is 302 g/mol. The number of likely N-dealkylation sites (tertiary alicyclic amines) is 1. The predicted octanol–water partition coefficient (Wildman–Crippen LogP) is 1.87. The fourth-order valence-corrected chi connectivity index (χ4v) is 3.90. The van der Waals surface area contributed by atoms with Crippen LogP contribution < -0.4 is 10.5 Å². The summed E-state index contributed by atoms with van der Waals surface area (Å²) in [5.74, 6) is 1.60. The number of quaternary nitrogens is 1. The summed E-state index contributed by atoms with van der Waals surface area (Å²) in [4.78, 5) is 13.4. The van der Waals surface area contributed by atoms with Crippen molar-refractivity contribution in [1.82, 2.24) is 0 Å². The van der Waals surface area contributed by atoms with Crippen molar-refractivity contribution in [2.45, 2.75) is 33.7 Å². The van der Waals surface area contributed by atoms with Gasteiger partial charge in [0.05, 0.1) is 13.1 Å². The summed E-state index contributed by atoms with van der Waals surface area (Å²) in [6, 6.07) is 5.14. The van der Waals surface area contributed by atoms with Gasteiger partial charge < -0.3 is 14.4 Å². The zero-order valence-electron chi connectivity index (χ0n) is 13.5. The first-order valence-electron chi connectivity index (χ1n) is 8.03. The number of piperidine rings is 1. The van der Waals surface area contributed by atoms with Crippen LogP contribution >= 0.6 is 0 Å². The molecule has 0 saturated carbocycles. The molecule has 2 N–H and O–H groups in total. The maximum Gasteiger partial charge on any atom is 0.336 e. The number of phenols is 1. The third kappa shape index (κ3) is 2.88. The van der Waals surface area contributed by atoms with Crippen molar-refractivity contribution in [1.29, 1.82) is 0 Å². The summed E-state index contributed by atoms with van der Waals surface area (Å²) in [7, 11) is 0. The minimum atomic E-state index is -0.339. The molecular formula is C18H24NO3+. The Morgan fingerprint density at radius 1 is 1.27 bits per heavy atom. The highest BCUT2D eigenvalue weighted by atomic mass is 16.4. The molecule has 0 spiro atoms. The highest BCUT2D eigenvalue weighted by molar-refractivity contribution is 5.84. The lowest BCUT2D eigenvalue weighted by atomic mass is 9.91. The Bertz CT molecular complexity index is 740. The van der Waals surface area contributed by atoms with Gasteiger partial charge in [0.25, 0.3) is 0 Å². The molecule has 0 radical (unpaired) electrons. The van der Waals surface area contributed by atoms with Crippen LogP contribution in [-0.4, -0.2) is 18.2 Å². The molecule has 1 saturated heterocycles. The molecular weight excluding hydrogens is 278 g/mol. The molecule has 22 heavy (non-hydrogen) atoms. The fraction of sp³-hybridized carbons (Fsp3) is 0.500. The second-order valence-corrected chi connectivity index (χ2v) is 6.96. The molecule has 0 amide bonds. The predicted molar refractivity (Wildman–Crippen MR) is 86.2 cm³/mol. The summed E-state index contributed by atoms with van der Waals surface area (Å²) in [6.45, 7) is 9.50. The lowest BCUT2D eigenvalue weighted by Gasteiger charge is -2.32. The van der Waals surface area contributed by atoms with Crippen LogP contribution in [0.15, 0.2) is 27.4 Å². The van der Waals surface area contributed by atoms with Gasteiger partial charge in [-0.25, -0.2) is 4.79 Å². The van der Waals surface area contributed by atoms with E-state index in [2.05, 4.69) is 13.8 Å². The molecule has 2 atom stereocenters. The van der Waals surface area contributed by atoms with Gasteiger partial charge in [0.1, 0.15) is 17.9 Å². The normalized spacial score (nSPS) is 25.5. The van der Waals surface area contributed by atoms with Gasteiger partial charge in [-0.3, -0.25) is 0 Å². The zero-order chi connectivity index (χ0) is 15.9. The SMILES string of the molecule is Cc1c(O)ccc2c(C[NH+]3C[C@@H](C)C[C@H](C)C3)cc(=O)oc12. The molecule has 4 nitrogen and oxygen atoms in total. The van der Waals surface area contributed by atoms with E-state index in [1.54, 1.807) is 19.1 Å². The summed E-state index contributed by atoms with van der Waals surface area (Å²) in [6.07, 6.45) is 1.29. The molecule has 0 unspecified atom stereocenters. The summed E-state index contributed by atoms with van der Waals surface area (Å²) < 4.78 is 5.32. The molecule has 3 rings (SSSR count). The lowest BCUT2D eigenvalue weighted by Crippen LogP contribution is -3.13. The fourth-order valence-electron chi connectivity index (χ4n) is 3.90. The van der Waals surface area contributed by atoms with Gasteiger partial charge in [0, 0.05) is 34.4 Å². The molecule has 1 aliphatic heterocycles. The highest BCUT2D eigenvalue weighted by Crippen LogP contribution is 2.27. The van der Waals surface area contributed by atoms with E-state index in [0.29, 0.717) is 11.1 Å². The number of aryl methyl sites for hydroxylation is 1. The second-order valence-electron chi connectivity index (χ2n) is 6.96. The molecule has 118 valence electrons. The number of hydrogen-bond donors (Lipinski definition) is 2. The maximum absolute atomic E-state index is 11.9. The highest BCUT2D eigenvalue weighted by Gasteiger charge is 2.26. The summed E-state index contributed by atoms with van der Waals surface area (Å²) in [5, 5.41) is 10.8. The molecule has 1 aromatic heterocycles. The van der Waals surface area contributed by atoms with Gasteiger partial charge in [-0.05, 0) is 25.5 Å². The quantitative estimate of drug-likeness (QED) is 0.833. The van der Waals surface area contributed by atoms with Crippen LogP contribution in [0.1, 0.15) is 31.4 Å². The van der Waals surface area contributed by atoms with Gasteiger partial charge in [-0.2, -0.15) is 0 Å². The van der Waals surface area contributed by atoms with Crippen molar-refractivity contribution in [2.75, 3.05) is 13.1 Å². The number of benzene rings is 1. The molecule has 0 bridgehead atoms. The number of fused-ring (bicyclic) bond motifs is 1. The van der Waals surface area contributed by atoms with Gasteiger partial charge in [-0.15, -0.1) is 0 Å². The Hall–Kier alpha value is -1.81. The Kier molecular flexibility index (Phi) is 3.96. The van der Waals surface area contributed by atoms with Crippen molar-refractivity contribution in [3.63, 3.8) is 0 Å². The minimum absolute atomic E-state index is 0.167. The van der Waals surface area contributed by atoms with Crippen molar-refractivity contribution >= 4 is 11.0 Å². The van der Waals surface area contributed by atoms with Crippen molar-refractivity contribution in [3.8, 4) is 5.75 Å². The maximum atomic E-state index is 11.9. The van der Waals surface area contributed by atoms with Crippen LogP contribution in [0.25, 0.3) is 11.0 Å². The van der Waals surface area contributed by atoms with E-state index >= 15 is 0 Å².